The van der Waals surface area contributed by atoms with Gasteiger partial charge in [-0.2, -0.15) is 0 Å². The summed E-state index contributed by atoms with van der Waals surface area (Å²) in [6, 6.07) is 13.2. The largest absolute Gasteiger partial charge is 0.378 e. The van der Waals surface area contributed by atoms with Gasteiger partial charge in [0.2, 0.25) is 5.91 Å². The minimum absolute atomic E-state index is 0.173. The van der Waals surface area contributed by atoms with Gasteiger partial charge in [0.05, 0.1) is 5.69 Å². The zero-order valence-corrected chi connectivity index (χ0v) is 11.6. The molecule has 1 aromatic heterocycles. The lowest BCUT2D eigenvalue weighted by Gasteiger charge is -2.12. The summed E-state index contributed by atoms with van der Waals surface area (Å²) in [6.45, 7) is 0. The van der Waals surface area contributed by atoms with Gasteiger partial charge in [-0.1, -0.05) is 6.07 Å². The number of nitrogens with zero attached hydrogens (tertiary/aromatic N) is 2. The first kappa shape index (κ1) is 13.8. The molecule has 102 valence electrons. The van der Waals surface area contributed by atoms with E-state index < -0.39 is 0 Å². The Morgan fingerprint density at radius 2 is 1.90 bits per heavy atom. The zero-order valence-electron chi connectivity index (χ0n) is 11.6. The molecular weight excluding hydrogens is 250 g/mol. The van der Waals surface area contributed by atoms with Crippen molar-refractivity contribution >= 4 is 23.4 Å². The van der Waals surface area contributed by atoms with Gasteiger partial charge in [0.25, 0.3) is 0 Å². The van der Waals surface area contributed by atoms with Crippen LogP contribution in [0.4, 0.5) is 11.4 Å². The molecule has 1 amide bonds. The average Bonchev–Trinajstić information content (AvgIpc) is 2.47. The molecule has 1 aromatic carbocycles. The molecule has 0 atom stereocenters. The molecule has 0 aliphatic carbocycles. The highest BCUT2D eigenvalue weighted by molar-refractivity contribution is 6.01. The van der Waals surface area contributed by atoms with Crippen molar-refractivity contribution in [1.29, 1.82) is 0 Å². The van der Waals surface area contributed by atoms with E-state index in [0.29, 0.717) is 0 Å². The van der Waals surface area contributed by atoms with Crippen LogP contribution in [0.1, 0.15) is 5.69 Å². The maximum absolute atomic E-state index is 11.8. The van der Waals surface area contributed by atoms with Crippen molar-refractivity contribution in [2.75, 3.05) is 24.3 Å². The lowest BCUT2D eigenvalue weighted by molar-refractivity contribution is -0.111. The lowest BCUT2D eigenvalue weighted by atomic mass is 10.2. The number of hydrogen-bond acceptors (Lipinski definition) is 3. The molecule has 0 aliphatic heterocycles. The Morgan fingerprint density at radius 3 is 2.50 bits per heavy atom. The van der Waals surface area contributed by atoms with Crippen molar-refractivity contribution in [3.63, 3.8) is 0 Å². The van der Waals surface area contributed by atoms with Gasteiger partial charge in [-0.05, 0) is 42.5 Å². The highest BCUT2D eigenvalue weighted by atomic mass is 16.1. The van der Waals surface area contributed by atoms with Crippen LogP contribution < -0.4 is 10.2 Å². The topological polar surface area (TPSA) is 45.2 Å². The number of anilines is 2. The summed E-state index contributed by atoms with van der Waals surface area (Å²) in [5.74, 6) is -0.173. The molecule has 2 rings (SSSR count). The summed E-state index contributed by atoms with van der Waals surface area (Å²) >= 11 is 0. The van der Waals surface area contributed by atoms with Crippen molar-refractivity contribution in [3.05, 3.63) is 60.4 Å². The van der Waals surface area contributed by atoms with E-state index in [1.165, 1.54) is 6.08 Å². The minimum Gasteiger partial charge on any atom is -0.378 e. The molecule has 0 saturated heterocycles. The van der Waals surface area contributed by atoms with E-state index in [-0.39, 0.29) is 5.91 Å². The highest BCUT2D eigenvalue weighted by Crippen LogP contribution is 2.15. The standard InChI is InChI=1S/C16H17N3O/c1-19(2)15-9-6-14(7-10-15)18-16(20)11-8-13-5-3-4-12-17-13/h3-12H,1-2H3,(H,18,20). The highest BCUT2D eigenvalue weighted by Gasteiger charge is 1.99. The molecule has 0 bridgehead atoms. The van der Waals surface area contributed by atoms with Crippen LogP contribution in [0.2, 0.25) is 0 Å². The van der Waals surface area contributed by atoms with Gasteiger partial charge >= 0.3 is 0 Å². The number of carbonyl (C=O) groups excluding carboxylic acids is 1. The Kier molecular flexibility index (Phi) is 4.50. The Labute approximate surface area is 118 Å². The summed E-state index contributed by atoms with van der Waals surface area (Å²) in [6.07, 6.45) is 4.85. The molecule has 0 unspecified atom stereocenters. The van der Waals surface area contributed by atoms with E-state index in [1.54, 1.807) is 12.3 Å². The molecule has 0 saturated carbocycles. The second kappa shape index (κ2) is 6.52. The lowest BCUT2D eigenvalue weighted by Crippen LogP contribution is -2.10. The third-order valence-electron chi connectivity index (χ3n) is 2.74. The number of pyridine rings is 1. The molecule has 2 aromatic rings. The fraction of sp³-hybridized carbons (Fsp3) is 0.125. The van der Waals surface area contributed by atoms with Crippen molar-refractivity contribution in [2.24, 2.45) is 0 Å². The number of amides is 1. The first-order chi connectivity index (χ1) is 9.65. The number of nitrogens with one attached hydrogen (secondary N) is 1. The third-order valence-corrected chi connectivity index (χ3v) is 2.74. The Bertz CT molecular complexity index is 589. The van der Waals surface area contributed by atoms with Crippen LogP contribution in [0.15, 0.2) is 54.7 Å². The van der Waals surface area contributed by atoms with Gasteiger partial charge in [-0.15, -0.1) is 0 Å². The Balaban J connectivity index is 1.96. The SMILES string of the molecule is CN(C)c1ccc(NC(=O)C=Cc2ccccn2)cc1. The van der Waals surface area contributed by atoms with E-state index >= 15 is 0 Å². The van der Waals surface area contributed by atoms with E-state index in [2.05, 4.69) is 10.3 Å². The van der Waals surface area contributed by atoms with Gasteiger partial charge in [-0.3, -0.25) is 9.78 Å². The van der Waals surface area contributed by atoms with E-state index in [1.807, 2.05) is 61.5 Å². The monoisotopic (exact) mass is 267 g/mol. The second-order valence-corrected chi connectivity index (χ2v) is 4.52. The van der Waals surface area contributed by atoms with Crippen LogP contribution in [0, 0.1) is 0 Å². The van der Waals surface area contributed by atoms with E-state index in [4.69, 9.17) is 0 Å². The smallest absolute Gasteiger partial charge is 0.248 e. The molecule has 4 nitrogen and oxygen atoms in total. The maximum atomic E-state index is 11.8. The average molecular weight is 267 g/mol. The molecule has 0 aliphatic rings. The fourth-order valence-corrected chi connectivity index (χ4v) is 1.66. The van der Waals surface area contributed by atoms with Crippen molar-refractivity contribution in [3.8, 4) is 0 Å². The Hall–Kier alpha value is -2.62. The van der Waals surface area contributed by atoms with Crippen LogP contribution in [0.3, 0.4) is 0 Å². The van der Waals surface area contributed by atoms with Crippen LogP contribution in [-0.4, -0.2) is 25.0 Å². The van der Waals surface area contributed by atoms with Crippen molar-refractivity contribution in [1.82, 2.24) is 4.98 Å². The van der Waals surface area contributed by atoms with Gasteiger partial charge in [0.15, 0.2) is 0 Å². The maximum Gasteiger partial charge on any atom is 0.248 e. The van der Waals surface area contributed by atoms with Gasteiger partial charge in [0.1, 0.15) is 0 Å². The van der Waals surface area contributed by atoms with Crippen LogP contribution in [0.25, 0.3) is 6.08 Å². The second-order valence-electron chi connectivity index (χ2n) is 4.52. The van der Waals surface area contributed by atoms with Crippen molar-refractivity contribution < 1.29 is 4.79 Å². The summed E-state index contributed by atoms with van der Waals surface area (Å²) in [4.78, 5) is 17.9. The van der Waals surface area contributed by atoms with Gasteiger partial charge < -0.3 is 10.2 Å². The fourth-order valence-electron chi connectivity index (χ4n) is 1.66. The predicted octanol–water partition coefficient (Wildman–Crippen LogP) is 2.80. The molecule has 0 radical (unpaired) electrons. The number of aromatic nitrogens is 1. The summed E-state index contributed by atoms with van der Waals surface area (Å²) in [5.41, 5.74) is 2.61. The molecule has 4 heteroatoms. The molecule has 1 N–H and O–H groups in total. The van der Waals surface area contributed by atoms with Crippen LogP contribution in [0.5, 0.6) is 0 Å². The van der Waals surface area contributed by atoms with Crippen molar-refractivity contribution in [2.45, 2.75) is 0 Å². The quantitative estimate of drug-likeness (QED) is 0.866. The first-order valence-corrected chi connectivity index (χ1v) is 6.32. The van der Waals surface area contributed by atoms with Gasteiger partial charge in [-0.25, -0.2) is 0 Å². The minimum atomic E-state index is -0.173. The summed E-state index contributed by atoms with van der Waals surface area (Å²) in [7, 11) is 3.95. The first-order valence-electron chi connectivity index (χ1n) is 6.32. The zero-order chi connectivity index (χ0) is 14.4. The third kappa shape index (κ3) is 3.95. The summed E-state index contributed by atoms with van der Waals surface area (Å²) in [5, 5.41) is 2.81. The number of benzene rings is 1. The van der Waals surface area contributed by atoms with E-state index in [0.717, 1.165) is 17.1 Å². The molecular formula is C16H17N3O. The van der Waals surface area contributed by atoms with Crippen LogP contribution >= 0.6 is 0 Å². The van der Waals surface area contributed by atoms with Crippen LogP contribution in [-0.2, 0) is 4.79 Å². The van der Waals surface area contributed by atoms with Gasteiger partial charge in [0, 0.05) is 37.7 Å². The molecule has 1 heterocycles. The molecule has 0 fully saturated rings. The molecule has 0 spiro atoms. The normalized spacial score (nSPS) is 10.5. The van der Waals surface area contributed by atoms with E-state index in [9.17, 15) is 4.79 Å². The predicted molar refractivity (Wildman–Crippen MR) is 82.7 cm³/mol. The Morgan fingerprint density at radius 1 is 1.15 bits per heavy atom. The number of rotatable bonds is 4. The number of carbonyl (C=O) groups is 1. The molecule has 20 heavy (non-hydrogen) atoms. The number of hydrogen-bond donors (Lipinski definition) is 1. The summed E-state index contributed by atoms with van der Waals surface area (Å²) < 4.78 is 0.